The van der Waals surface area contributed by atoms with Gasteiger partial charge in [0.05, 0.1) is 0 Å². The molecule has 3 nitrogen and oxygen atoms in total. The zero-order chi connectivity index (χ0) is 11.5. The molecule has 0 radical (unpaired) electrons. The van der Waals surface area contributed by atoms with E-state index in [1.54, 1.807) is 16.7 Å². The fourth-order valence-corrected chi connectivity index (χ4v) is 2.12. The average molecular weight is 238 g/mol. The third kappa shape index (κ3) is 1.95. The van der Waals surface area contributed by atoms with Crippen molar-refractivity contribution in [3.63, 3.8) is 0 Å². The SMILES string of the molecule is O=C1CCCc2c1ccc(=O)n2C/C=C/Cl. The largest absolute Gasteiger partial charge is 0.308 e. The van der Waals surface area contributed by atoms with E-state index < -0.39 is 0 Å². The van der Waals surface area contributed by atoms with Crippen molar-refractivity contribution in [3.8, 4) is 0 Å². The van der Waals surface area contributed by atoms with E-state index in [0.717, 1.165) is 18.5 Å². The number of pyridine rings is 1. The van der Waals surface area contributed by atoms with Crippen molar-refractivity contribution in [2.75, 3.05) is 0 Å². The summed E-state index contributed by atoms with van der Waals surface area (Å²) in [5, 5.41) is 0. The Balaban J connectivity index is 2.54. The number of Topliss-reactive ketones (excluding diaryl/α,β-unsaturated/α-hetero) is 1. The van der Waals surface area contributed by atoms with Gasteiger partial charge >= 0.3 is 0 Å². The molecule has 0 saturated carbocycles. The normalized spacial score (nSPS) is 15.4. The van der Waals surface area contributed by atoms with Crippen LogP contribution in [-0.2, 0) is 13.0 Å². The molecule has 0 fully saturated rings. The van der Waals surface area contributed by atoms with Crippen LogP contribution < -0.4 is 5.56 Å². The number of rotatable bonds is 2. The predicted molar refractivity (Wildman–Crippen MR) is 63.0 cm³/mol. The lowest BCUT2D eigenvalue weighted by atomic mass is 9.94. The first-order chi connectivity index (χ1) is 7.74. The van der Waals surface area contributed by atoms with Gasteiger partial charge in [0.25, 0.3) is 5.56 Å². The van der Waals surface area contributed by atoms with E-state index in [4.69, 9.17) is 11.6 Å². The topological polar surface area (TPSA) is 39.1 Å². The molecule has 0 unspecified atom stereocenters. The molecule has 16 heavy (non-hydrogen) atoms. The van der Waals surface area contributed by atoms with E-state index >= 15 is 0 Å². The third-order valence-electron chi connectivity index (χ3n) is 2.79. The maximum absolute atomic E-state index is 11.7. The van der Waals surface area contributed by atoms with Gasteiger partial charge in [0, 0.05) is 35.8 Å². The molecule has 1 heterocycles. The zero-order valence-corrected chi connectivity index (χ0v) is 9.54. The molecule has 0 amide bonds. The van der Waals surface area contributed by atoms with Crippen LogP contribution in [0, 0.1) is 0 Å². The van der Waals surface area contributed by atoms with Gasteiger partial charge in [-0.15, -0.1) is 0 Å². The van der Waals surface area contributed by atoms with Crippen molar-refractivity contribution in [1.82, 2.24) is 4.57 Å². The molecule has 0 spiro atoms. The second-order valence-corrected chi connectivity index (χ2v) is 4.03. The lowest BCUT2D eigenvalue weighted by Gasteiger charge is -2.18. The van der Waals surface area contributed by atoms with E-state index in [-0.39, 0.29) is 11.3 Å². The van der Waals surface area contributed by atoms with E-state index in [2.05, 4.69) is 0 Å². The second-order valence-electron chi connectivity index (χ2n) is 3.78. The molecule has 4 heteroatoms. The van der Waals surface area contributed by atoms with Gasteiger partial charge in [-0.2, -0.15) is 0 Å². The highest BCUT2D eigenvalue weighted by molar-refractivity contribution is 6.25. The van der Waals surface area contributed by atoms with Crippen LogP contribution in [0.3, 0.4) is 0 Å². The van der Waals surface area contributed by atoms with Crippen LogP contribution >= 0.6 is 11.6 Å². The van der Waals surface area contributed by atoms with Crippen molar-refractivity contribution < 1.29 is 4.79 Å². The molecule has 0 saturated heterocycles. The molecule has 0 aliphatic heterocycles. The summed E-state index contributed by atoms with van der Waals surface area (Å²) in [5.74, 6) is 0.129. The highest BCUT2D eigenvalue weighted by Gasteiger charge is 2.19. The summed E-state index contributed by atoms with van der Waals surface area (Å²) in [7, 11) is 0. The van der Waals surface area contributed by atoms with Gasteiger partial charge in [-0.25, -0.2) is 0 Å². The van der Waals surface area contributed by atoms with Crippen LogP contribution in [0.2, 0.25) is 0 Å². The summed E-state index contributed by atoms with van der Waals surface area (Å²) in [6, 6.07) is 3.09. The minimum Gasteiger partial charge on any atom is -0.308 e. The maximum atomic E-state index is 11.7. The maximum Gasteiger partial charge on any atom is 0.251 e. The average Bonchev–Trinajstić information content (AvgIpc) is 2.28. The molecule has 0 atom stereocenters. The smallest absolute Gasteiger partial charge is 0.251 e. The zero-order valence-electron chi connectivity index (χ0n) is 8.78. The Bertz CT molecular complexity index is 502. The first kappa shape index (κ1) is 11.1. The monoisotopic (exact) mass is 237 g/mol. The van der Waals surface area contributed by atoms with Gasteiger partial charge in [0.1, 0.15) is 0 Å². The summed E-state index contributed by atoms with van der Waals surface area (Å²) in [6.45, 7) is 0.429. The number of carbonyl (C=O) groups is 1. The Morgan fingerprint density at radius 3 is 2.88 bits per heavy atom. The number of aromatic nitrogens is 1. The fraction of sp³-hybridized carbons (Fsp3) is 0.333. The Morgan fingerprint density at radius 1 is 1.31 bits per heavy atom. The number of ketones is 1. The molecule has 0 aromatic carbocycles. The van der Waals surface area contributed by atoms with E-state index in [9.17, 15) is 9.59 Å². The molecule has 0 N–H and O–H groups in total. The molecule has 84 valence electrons. The molecule has 1 aliphatic rings. The molecule has 1 aromatic rings. The van der Waals surface area contributed by atoms with Crippen LogP contribution in [0.1, 0.15) is 28.9 Å². The summed E-state index contributed by atoms with van der Waals surface area (Å²) in [6.07, 6.45) is 3.88. The van der Waals surface area contributed by atoms with Gasteiger partial charge in [0.15, 0.2) is 5.78 Å². The van der Waals surface area contributed by atoms with Crippen LogP contribution in [-0.4, -0.2) is 10.4 Å². The molecular formula is C12H12ClNO2. The Labute approximate surface area is 98.3 Å². The molecule has 2 rings (SSSR count). The van der Waals surface area contributed by atoms with Gasteiger partial charge < -0.3 is 4.57 Å². The number of allylic oxidation sites excluding steroid dienone is 1. The highest BCUT2D eigenvalue weighted by atomic mass is 35.5. The Hall–Kier alpha value is -1.35. The quantitative estimate of drug-likeness (QED) is 0.790. The Kier molecular flexibility index (Phi) is 3.25. The molecule has 1 aromatic heterocycles. The lowest BCUT2D eigenvalue weighted by molar-refractivity contribution is 0.0970. The highest BCUT2D eigenvalue weighted by Crippen LogP contribution is 2.19. The van der Waals surface area contributed by atoms with Crippen molar-refractivity contribution in [1.29, 1.82) is 0 Å². The second kappa shape index (κ2) is 4.66. The minimum atomic E-state index is -0.0804. The number of fused-ring (bicyclic) bond motifs is 1. The standard InChI is InChI=1S/C12H12ClNO2/c13-7-2-8-14-10-3-1-4-11(15)9(10)5-6-12(14)16/h2,5-7H,1,3-4,8H2/b7-2+. The minimum absolute atomic E-state index is 0.0804. The first-order valence-corrected chi connectivity index (χ1v) is 5.69. The first-order valence-electron chi connectivity index (χ1n) is 5.25. The summed E-state index contributed by atoms with van der Waals surface area (Å²) in [5.41, 5.74) is 2.84. The number of carbonyl (C=O) groups excluding carboxylic acids is 1. The van der Waals surface area contributed by atoms with Crippen molar-refractivity contribution in [3.05, 3.63) is 45.4 Å². The van der Waals surface area contributed by atoms with E-state index in [0.29, 0.717) is 18.5 Å². The fourth-order valence-electron chi connectivity index (χ4n) is 2.04. The summed E-state index contributed by atoms with van der Waals surface area (Å²) in [4.78, 5) is 23.3. The lowest BCUT2D eigenvalue weighted by Crippen LogP contribution is -2.27. The molecule has 1 aliphatic carbocycles. The van der Waals surface area contributed by atoms with Crippen molar-refractivity contribution in [2.45, 2.75) is 25.8 Å². The number of hydrogen-bond acceptors (Lipinski definition) is 2. The third-order valence-corrected chi connectivity index (χ3v) is 2.97. The van der Waals surface area contributed by atoms with Crippen LogP contribution in [0.5, 0.6) is 0 Å². The molecular weight excluding hydrogens is 226 g/mol. The van der Waals surface area contributed by atoms with Crippen molar-refractivity contribution >= 4 is 17.4 Å². The van der Waals surface area contributed by atoms with Crippen LogP contribution in [0.15, 0.2) is 28.5 Å². The van der Waals surface area contributed by atoms with Gasteiger partial charge in [-0.1, -0.05) is 17.7 Å². The van der Waals surface area contributed by atoms with Gasteiger partial charge in [-0.3, -0.25) is 9.59 Å². The number of nitrogens with zero attached hydrogens (tertiary/aromatic N) is 1. The van der Waals surface area contributed by atoms with Crippen LogP contribution in [0.4, 0.5) is 0 Å². The predicted octanol–water partition coefficient (Wildman–Crippen LogP) is 2.12. The van der Waals surface area contributed by atoms with E-state index in [1.165, 1.54) is 11.6 Å². The van der Waals surface area contributed by atoms with Gasteiger partial charge in [-0.05, 0) is 18.9 Å². The van der Waals surface area contributed by atoms with Crippen LogP contribution in [0.25, 0.3) is 0 Å². The van der Waals surface area contributed by atoms with Gasteiger partial charge in [0.2, 0.25) is 0 Å². The summed E-state index contributed by atoms with van der Waals surface area (Å²) < 4.78 is 1.62. The van der Waals surface area contributed by atoms with Crippen molar-refractivity contribution in [2.24, 2.45) is 0 Å². The number of halogens is 1. The summed E-state index contributed by atoms with van der Waals surface area (Å²) >= 11 is 5.45. The van der Waals surface area contributed by atoms with E-state index in [1.807, 2.05) is 0 Å². The molecule has 0 bridgehead atoms. The number of hydrogen-bond donors (Lipinski definition) is 0. The Morgan fingerprint density at radius 2 is 2.12 bits per heavy atom.